The number of hydrogen-bond acceptors (Lipinski definition) is 4. The molecule has 6 nitrogen and oxygen atoms in total. The number of aromatic nitrogens is 3. The van der Waals surface area contributed by atoms with E-state index >= 15 is 0 Å². The first-order chi connectivity index (χ1) is 8.97. The molecule has 2 rings (SSSR count). The Morgan fingerprint density at radius 3 is 2.58 bits per heavy atom. The van der Waals surface area contributed by atoms with Gasteiger partial charge in [0.05, 0.1) is 11.4 Å². The Kier molecular flexibility index (Phi) is 3.96. The maximum absolute atomic E-state index is 12.1. The van der Waals surface area contributed by atoms with Gasteiger partial charge in [0.2, 0.25) is 10.0 Å². The summed E-state index contributed by atoms with van der Waals surface area (Å²) in [5, 5.41) is 3.94. The molecule has 0 bridgehead atoms. The van der Waals surface area contributed by atoms with Gasteiger partial charge in [-0.3, -0.25) is 4.68 Å². The largest absolute Gasteiger partial charge is 0.251 e. The Labute approximate surface area is 112 Å². The van der Waals surface area contributed by atoms with E-state index in [1.807, 2.05) is 6.92 Å². The lowest BCUT2D eigenvalue weighted by atomic mass is 10.2. The average molecular weight is 280 g/mol. The van der Waals surface area contributed by atoms with E-state index < -0.39 is 10.0 Å². The van der Waals surface area contributed by atoms with E-state index in [9.17, 15) is 8.42 Å². The molecule has 102 valence electrons. The number of benzene rings is 1. The van der Waals surface area contributed by atoms with Crippen LogP contribution in [-0.2, 0) is 16.6 Å². The van der Waals surface area contributed by atoms with Crippen LogP contribution in [0.2, 0.25) is 0 Å². The fraction of sp³-hybridized carbons (Fsp3) is 0.333. The molecule has 1 heterocycles. The number of sulfonamides is 1. The highest BCUT2D eigenvalue weighted by Crippen LogP contribution is 2.10. The molecular formula is C12H16N4O2S. The monoisotopic (exact) mass is 280 g/mol. The summed E-state index contributed by atoms with van der Waals surface area (Å²) in [6.07, 6.45) is 2.97. The minimum atomic E-state index is -3.49. The summed E-state index contributed by atoms with van der Waals surface area (Å²) < 4.78 is 28.5. The quantitative estimate of drug-likeness (QED) is 0.884. The van der Waals surface area contributed by atoms with Crippen LogP contribution >= 0.6 is 0 Å². The maximum atomic E-state index is 12.1. The summed E-state index contributed by atoms with van der Waals surface area (Å²) in [6, 6.07) is 6.47. The normalized spacial score (nSPS) is 13.4. The zero-order valence-corrected chi connectivity index (χ0v) is 11.6. The van der Waals surface area contributed by atoms with Gasteiger partial charge in [-0.05, 0) is 26.0 Å². The van der Waals surface area contributed by atoms with Crippen molar-refractivity contribution in [3.63, 3.8) is 0 Å². The molecule has 1 N–H and O–H groups in total. The summed E-state index contributed by atoms with van der Waals surface area (Å²) in [7, 11) is -3.49. The number of hydrogen-bond donors (Lipinski definition) is 1. The van der Waals surface area contributed by atoms with Gasteiger partial charge in [-0.2, -0.15) is 5.10 Å². The predicted molar refractivity (Wildman–Crippen MR) is 71.0 cm³/mol. The molecule has 19 heavy (non-hydrogen) atoms. The SMILES string of the molecule is Cc1ccc(S(=O)(=O)N[C@@H](C)Cn2cncn2)cc1. The van der Waals surface area contributed by atoms with Crippen LogP contribution in [0.25, 0.3) is 0 Å². The second-order valence-electron chi connectivity index (χ2n) is 4.45. The van der Waals surface area contributed by atoms with Gasteiger partial charge in [-0.25, -0.2) is 18.1 Å². The second kappa shape index (κ2) is 5.50. The van der Waals surface area contributed by atoms with E-state index in [0.717, 1.165) is 5.56 Å². The van der Waals surface area contributed by atoms with Gasteiger partial charge in [-0.1, -0.05) is 17.7 Å². The Morgan fingerprint density at radius 1 is 1.32 bits per heavy atom. The fourth-order valence-corrected chi connectivity index (χ4v) is 2.93. The minimum Gasteiger partial charge on any atom is -0.251 e. The van der Waals surface area contributed by atoms with E-state index in [2.05, 4.69) is 14.8 Å². The van der Waals surface area contributed by atoms with Crippen molar-refractivity contribution in [3.05, 3.63) is 42.5 Å². The van der Waals surface area contributed by atoms with Gasteiger partial charge < -0.3 is 0 Å². The summed E-state index contributed by atoms with van der Waals surface area (Å²) in [5.41, 5.74) is 1.02. The third-order valence-electron chi connectivity index (χ3n) is 2.62. The fourth-order valence-electron chi connectivity index (χ4n) is 1.70. The van der Waals surface area contributed by atoms with Crippen molar-refractivity contribution in [2.24, 2.45) is 0 Å². The van der Waals surface area contributed by atoms with Crippen LogP contribution < -0.4 is 4.72 Å². The van der Waals surface area contributed by atoms with Crippen LogP contribution in [-0.4, -0.2) is 29.2 Å². The zero-order chi connectivity index (χ0) is 13.9. The lowest BCUT2D eigenvalue weighted by molar-refractivity contribution is 0.493. The standard InChI is InChI=1S/C12H16N4O2S/c1-10-3-5-12(6-4-10)19(17,18)15-11(2)7-16-9-13-8-14-16/h3-6,8-9,11,15H,7H2,1-2H3/t11-/m0/s1. The number of aryl methyl sites for hydroxylation is 1. The van der Waals surface area contributed by atoms with E-state index in [4.69, 9.17) is 0 Å². The molecule has 0 saturated heterocycles. The average Bonchev–Trinajstić information content (AvgIpc) is 2.81. The van der Waals surface area contributed by atoms with Crippen molar-refractivity contribution >= 4 is 10.0 Å². The van der Waals surface area contributed by atoms with Gasteiger partial charge in [0, 0.05) is 6.04 Å². The highest BCUT2D eigenvalue weighted by molar-refractivity contribution is 7.89. The third kappa shape index (κ3) is 3.62. The van der Waals surface area contributed by atoms with E-state index in [1.165, 1.54) is 6.33 Å². The number of nitrogens with one attached hydrogen (secondary N) is 1. The predicted octanol–water partition coefficient (Wildman–Crippen LogP) is 0.954. The Morgan fingerprint density at radius 2 is 2.00 bits per heavy atom. The molecule has 0 fully saturated rings. The molecule has 0 radical (unpaired) electrons. The number of nitrogens with zero attached hydrogens (tertiary/aromatic N) is 3. The third-order valence-corrected chi connectivity index (χ3v) is 4.22. The molecule has 7 heteroatoms. The van der Waals surface area contributed by atoms with Crippen LogP contribution in [0.4, 0.5) is 0 Å². The van der Waals surface area contributed by atoms with Crippen molar-refractivity contribution in [1.82, 2.24) is 19.5 Å². The van der Waals surface area contributed by atoms with Crippen LogP contribution in [0.5, 0.6) is 0 Å². The van der Waals surface area contributed by atoms with E-state index in [-0.39, 0.29) is 10.9 Å². The molecule has 0 spiro atoms. The first-order valence-corrected chi connectivity index (χ1v) is 7.37. The molecule has 0 aliphatic rings. The molecule has 0 aliphatic heterocycles. The smallest absolute Gasteiger partial charge is 0.240 e. The topological polar surface area (TPSA) is 76.9 Å². The Balaban J connectivity index is 2.06. The molecule has 0 amide bonds. The lowest BCUT2D eigenvalue weighted by Gasteiger charge is -2.14. The molecule has 1 aromatic carbocycles. The number of rotatable bonds is 5. The van der Waals surface area contributed by atoms with Crippen LogP contribution in [0.15, 0.2) is 41.8 Å². The molecule has 1 atom stereocenters. The molecular weight excluding hydrogens is 264 g/mol. The molecule has 0 unspecified atom stereocenters. The maximum Gasteiger partial charge on any atom is 0.240 e. The van der Waals surface area contributed by atoms with Gasteiger partial charge in [0.15, 0.2) is 0 Å². The molecule has 0 aliphatic carbocycles. The first kappa shape index (κ1) is 13.7. The highest BCUT2D eigenvalue weighted by Gasteiger charge is 2.17. The molecule has 2 aromatic rings. The minimum absolute atomic E-state index is 0.267. The Hall–Kier alpha value is -1.73. The van der Waals surface area contributed by atoms with Crippen LogP contribution in [0.1, 0.15) is 12.5 Å². The van der Waals surface area contributed by atoms with E-state index in [1.54, 1.807) is 42.2 Å². The summed E-state index contributed by atoms with van der Waals surface area (Å²) in [4.78, 5) is 4.08. The van der Waals surface area contributed by atoms with Crippen molar-refractivity contribution in [3.8, 4) is 0 Å². The molecule has 0 saturated carbocycles. The van der Waals surface area contributed by atoms with Crippen molar-refractivity contribution in [2.75, 3.05) is 0 Å². The lowest BCUT2D eigenvalue weighted by Crippen LogP contribution is -2.35. The molecule has 1 aromatic heterocycles. The van der Waals surface area contributed by atoms with Crippen molar-refractivity contribution in [2.45, 2.75) is 31.3 Å². The highest BCUT2D eigenvalue weighted by atomic mass is 32.2. The zero-order valence-electron chi connectivity index (χ0n) is 10.8. The Bertz CT molecular complexity index is 620. The summed E-state index contributed by atoms with van der Waals surface area (Å²) in [5.74, 6) is 0. The van der Waals surface area contributed by atoms with Gasteiger partial charge in [0.25, 0.3) is 0 Å². The van der Waals surface area contributed by atoms with Crippen molar-refractivity contribution < 1.29 is 8.42 Å². The second-order valence-corrected chi connectivity index (χ2v) is 6.17. The summed E-state index contributed by atoms with van der Waals surface area (Å²) >= 11 is 0. The van der Waals surface area contributed by atoms with Gasteiger partial charge >= 0.3 is 0 Å². The van der Waals surface area contributed by atoms with Crippen LogP contribution in [0, 0.1) is 6.92 Å². The van der Waals surface area contributed by atoms with E-state index in [0.29, 0.717) is 6.54 Å². The summed E-state index contributed by atoms with van der Waals surface area (Å²) in [6.45, 7) is 4.13. The van der Waals surface area contributed by atoms with Crippen LogP contribution in [0.3, 0.4) is 0 Å². The van der Waals surface area contributed by atoms with Gasteiger partial charge in [-0.15, -0.1) is 0 Å². The van der Waals surface area contributed by atoms with Gasteiger partial charge in [0.1, 0.15) is 12.7 Å². The first-order valence-electron chi connectivity index (χ1n) is 5.89. The van der Waals surface area contributed by atoms with Crippen molar-refractivity contribution in [1.29, 1.82) is 0 Å².